The van der Waals surface area contributed by atoms with E-state index in [-0.39, 0.29) is 0 Å². The van der Waals surface area contributed by atoms with Gasteiger partial charge in [0.25, 0.3) is 6.07 Å². The summed E-state index contributed by atoms with van der Waals surface area (Å²) in [6.45, 7) is 0. The largest absolute Gasteiger partial charge is 0.498 e. The van der Waals surface area contributed by atoms with Crippen LogP contribution in [0.2, 0.25) is 6.04 Å². The fourth-order valence-corrected chi connectivity index (χ4v) is 0.0968. The zero-order valence-corrected chi connectivity index (χ0v) is 3.56. The van der Waals surface area contributed by atoms with E-state index in [9.17, 15) is 0 Å². The zero-order valence-electron chi connectivity index (χ0n) is 2.56. The van der Waals surface area contributed by atoms with Gasteiger partial charge in [-0.2, -0.15) is 0 Å². The third-order valence-corrected chi connectivity index (χ3v) is 0.302. The van der Waals surface area contributed by atoms with Gasteiger partial charge >= 0.3 is 0 Å². The Labute approximate surface area is 33.6 Å². The first kappa shape index (κ1) is 4.51. The number of rotatable bonds is 0. The van der Waals surface area contributed by atoms with Crippen LogP contribution in [0.25, 0.3) is 5.01 Å². The Balaban J connectivity index is 2.81. The smallest absolute Gasteiger partial charge is 0.294 e. The highest BCUT2D eigenvalue weighted by Gasteiger charge is 1.64. The quantitative estimate of drug-likeness (QED) is 0.308. The Morgan fingerprint density at radius 1 is 2.00 bits per heavy atom. The molecule has 3 heteroatoms. The lowest BCUT2D eigenvalue weighted by Crippen LogP contribution is -1.50. The third kappa shape index (κ3) is 3.51. The molecule has 0 atom stereocenters. The van der Waals surface area contributed by atoms with Crippen LogP contribution in [-0.2, 0) is 0 Å². The van der Waals surface area contributed by atoms with Crippen molar-refractivity contribution in [1.82, 2.24) is 0 Å². The number of hydrogen-bond acceptors (Lipinski definition) is 1. The van der Waals surface area contributed by atoms with E-state index in [2.05, 4.69) is 21.3 Å². The first-order valence-corrected chi connectivity index (χ1v) is 1.82. The molecule has 0 spiro atoms. The molecule has 0 bridgehead atoms. The lowest BCUT2D eigenvalue weighted by atomic mass is 10.9. The minimum atomic E-state index is 0.420. The molecule has 0 amide bonds. The van der Waals surface area contributed by atoms with Gasteiger partial charge in [0.05, 0.1) is 6.04 Å². The highest BCUT2D eigenvalue weighted by molar-refractivity contribution is 6.10. The maximum absolute atomic E-state index is 9.01. The average molecular weight is 84.1 g/mol. The van der Waals surface area contributed by atoms with Crippen molar-refractivity contribution in [3.8, 4) is 6.07 Å². The van der Waals surface area contributed by atoms with Gasteiger partial charge in [0.1, 0.15) is 0 Å². The van der Waals surface area contributed by atoms with Crippen LogP contribution < -0.4 is 0 Å². The first-order valence-electron chi connectivity index (χ1n) is 1.11. The molecule has 0 fully saturated rings. The van der Waals surface area contributed by atoms with Crippen molar-refractivity contribution < 1.29 is 0 Å². The molecule has 0 aliphatic heterocycles. The molecule has 0 aliphatic rings. The summed E-state index contributed by atoms with van der Waals surface area (Å²) in [4.78, 5) is 0. The summed E-state index contributed by atoms with van der Waals surface area (Å²) in [5.74, 6) is 0. The van der Waals surface area contributed by atoms with Gasteiger partial charge in [-0.15, -0.1) is 0 Å². The Morgan fingerprint density at radius 3 is 2.60 bits per heavy atom. The van der Waals surface area contributed by atoms with E-state index in [1.807, 2.05) is 0 Å². The summed E-state index contributed by atoms with van der Waals surface area (Å²) in [6, 6.07) is 2.51. The van der Waals surface area contributed by atoms with Crippen molar-refractivity contribution in [2.45, 2.75) is 6.04 Å². The standard InChI is InChI=1S/C2H2NOSi/c4-3-1-2-5/h2H2. The van der Waals surface area contributed by atoms with Gasteiger partial charge in [-0.3, -0.25) is 0 Å². The average Bonchev–Trinajstić information content (AvgIpc) is 1.41. The molecule has 0 saturated heterocycles. The monoisotopic (exact) mass is 84.0 g/mol. The molecule has 2 nitrogen and oxygen atoms in total. The van der Waals surface area contributed by atoms with E-state index in [0.717, 1.165) is 0 Å². The molecule has 0 N–H and O–H groups in total. The van der Waals surface area contributed by atoms with Crippen LogP contribution in [0.1, 0.15) is 0 Å². The van der Waals surface area contributed by atoms with Crippen molar-refractivity contribution >= 4 is 10.2 Å². The van der Waals surface area contributed by atoms with E-state index < -0.39 is 0 Å². The van der Waals surface area contributed by atoms with Crippen molar-refractivity contribution in [2.24, 2.45) is 0 Å². The van der Waals surface area contributed by atoms with Gasteiger partial charge in [-0.1, -0.05) is 0 Å². The van der Waals surface area contributed by atoms with Crippen LogP contribution in [0.3, 0.4) is 0 Å². The van der Waals surface area contributed by atoms with Crippen molar-refractivity contribution in [1.29, 1.82) is 0 Å². The number of nitrogens with zero attached hydrogens (tertiary/aromatic N) is 1. The van der Waals surface area contributed by atoms with E-state index in [1.165, 1.54) is 0 Å². The van der Waals surface area contributed by atoms with Crippen LogP contribution >= 0.6 is 0 Å². The molecule has 5 heavy (non-hydrogen) atoms. The Morgan fingerprint density at radius 2 is 2.60 bits per heavy atom. The maximum Gasteiger partial charge on any atom is 0.294 e. The molecule has 0 aliphatic carbocycles. The van der Waals surface area contributed by atoms with Gasteiger partial charge in [0.15, 0.2) is 0 Å². The van der Waals surface area contributed by atoms with Gasteiger partial charge in [0, 0.05) is 15.3 Å². The highest BCUT2D eigenvalue weighted by Crippen LogP contribution is 1.61. The van der Waals surface area contributed by atoms with Crippen LogP contribution in [0.4, 0.5) is 0 Å². The molecule has 0 saturated carbocycles. The Kier molecular flexibility index (Phi) is 3.16. The lowest BCUT2D eigenvalue weighted by molar-refractivity contribution is 1.84. The molecular weight excluding hydrogens is 82.1 g/mol. The molecule has 0 aromatic heterocycles. The van der Waals surface area contributed by atoms with Gasteiger partial charge in [-0.25, -0.2) is 0 Å². The molecule has 0 aromatic carbocycles. The normalized spacial score (nSPS) is 5.00. The van der Waals surface area contributed by atoms with E-state index in [1.54, 1.807) is 0 Å². The van der Waals surface area contributed by atoms with E-state index >= 15 is 0 Å². The minimum absolute atomic E-state index is 0.420. The van der Waals surface area contributed by atoms with Crippen LogP contribution in [0.5, 0.6) is 0 Å². The molecule has 25 valence electrons. The molecule has 0 unspecified atom stereocenters. The predicted molar refractivity (Wildman–Crippen MR) is 21.2 cm³/mol. The van der Waals surface area contributed by atoms with Crippen LogP contribution in [-0.4, -0.2) is 10.2 Å². The van der Waals surface area contributed by atoms with E-state index in [4.69, 9.17) is 5.21 Å². The van der Waals surface area contributed by atoms with Crippen molar-refractivity contribution in [3.63, 3.8) is 0 Å². The second-order valence-corrected chi connectivity index (χ2v) is 0.780. The molecule has 0 aromatic rings. The third-order valence-electron chi connectivity index (χ3n) is 0.144. The molecule has 3 radical (unpaired) electrons. The number of hydrogen-bond donors (Lipinski definition) is 0. The zero-order chi connectivity index (χ0) is 4.12. The Hall–Kier alpha value is -0.493. The Bertz CT molecular complexity index is 61.8. The van der Waals surface area contributed by atoms with Crippen LogP contribution in [0.15, 0.2) is 0 Å². The van der Waals surface area contributed by atoms with Gasteiger partial charge < -0.3 is 5.21 Å². The topological polar surface area (TPSA) is 27.4 Å². The fraction of sp³-hybridized carbons (Fsp3) is 0.500. The van der Waals surface area contributed by atoms with Crippen LogP contribution in [0, 0.1) is 11.3 Å². The van der Waals surface area contributed by atoms with Crippen molar-refractivity contribution in [2.75, 3.05) is 0 Å². The predicted octanol–water partition coefficient (Wildman–Crippen LogP) is 0.404. The summed E-state index contributed by atoms with van der Waals surface area (Å²) in [7, 11) is 2.95. The highest BCUT2D eigenvalue weighted by atomic mass is 28.1. The van der Waals surface area contributed by atoms with Gasteiger partial charge in [0.2, 0.25) is 0 Å². The minimum Gasteiger partial charge on any atom is -0.498 e. The molecule has 0 rings (SSSR count). The second-order valence-electron chi connectivity index (χ2n) is 0.426. The molecular formula is C2H2NOSi. The summed E-state index contributed by atoms with van der Waals surface area (Å²) in [5.41, 5.74) is 0. The SMILES string of the molecule is [O-][N+]#CC[Si]. The van der Waals surface area contributed by atoms with Gasteiger partial charge in [-0.05, 0) is 0 Å². The second kappa shape index (κ2) is 3.51. The summed E-state index contributed by atoms with van der Waals surface area (Å²) in [5, 5.41) is 11.3. The van der Waals surface area contributed by atoms with E-state index in [0.29, 0.717) is 6.04 Å². The fourth-order valence-electron chi connectivity index (χ4n) is 0.0323. The maximum atomic E-state index is 9.01. The van der Waals surface area contributed by atoms with Crippen molar-refractivity contribution in [3.05, 3.63) is 10.2 Å². The summed E-state index contributed by atoms with van der Waals surface area (Å²) in [6.07, 6.45) is 0. The molecule has 0 heterocycles. The summed E-state index contributed by atoms with van der Waals surface area (Å²) >= 11 is 0. The first-order chi connectivity index (χ1) is 2.41. The lowest BCUT2D eigenvalue weighted by Gasteiger charge is -1.49. The summed E-state index contributed by atoms with van der Waals surface area (Å²) < 4.78 is 0.